The highest BCUT2D eigenvalue weighted by Crippen LogP contribution is 2.16. The first kappa shape index (κ1) is 16.4. The molecule has 0 saturated heterocycles. The summed E-state index contributed by atoms with van der Waals surface area (Å²) in [5, 5.41) is 3.94. The van der Waals surface area contributed by atoms with Gasteiger partial charge in [0.05, 0.1) is 12.8 Å². The lowest BCUT2D eigenvalue weighted by Gasteiger charge is -2.00. The van der Waals surface area contributed by atoms with Gasteiger partial charge in [-0.05, 0) is 38.5 Å². The van der Waals surface area contributed by atoms with Crippen molar-refractivity contribution in [3.8, 4) is 0 Å². The van der Waals surface area contributed by atoms with Crippen molar-refractivity contribution in [3.63, 3.8) is 0 Å². The molecule has 0 atom stereocenters. The summed E-state index contributed by atoms with van der Waals surface area (Å²) in [4.78, 5) is 30.5. The highest BCUT2D eigenvalue weighted by Gasteiger charge is 2.17. The van der Waals surface area contributed by atoms with Crippen LogP contribution in [0.25, 0.3) is 0 Å². The summed E-state index contributed by atoms with van der Waals surface area (Å²) in [5.74, 6) is -0.742. The van der Waals surface area contributed by atoms with Crippen LogP contribution in [-0.4, -0.2) is 34.7 Å². The fraction of sp³-hybridized carbons (Fsp3) is 0.250. The van der Waals surface area contributed by atoms with Crippen molar-refractivity contribution < 1.29 is 14.3 Å². The molecule has 2 heterocycles. The molecular formula is C16H18N4O3. The van der Waals surface area contributed by atoms with E-state index in [2.05, 4.69) is 20.5 Å². The van der Waals surface area contributed by atoms with Crippen molar-refractivity contribution in [2.45, 2.75) is 20.8 Å². The molecule has 23 heavy (non-hydrogen) atoms. The van der Waals surface area contributed by atoms with Gasteiger partial charge in [0.1, 0.15) is 5.69 Å². The number of H-pyrrole nitrogens is 1. The smallest absolute Gasteiger partial charge is 0.355 e. The van der Waals surface area contributed by atoms with Gasteiger partial charge in [0.2, 0.25) is 0 Å². The van der Waals surface area contributed by atoms with Crippen molar-refractivity contribution in [3.05, 3.63) is 52.6 Å². The molecule has 0 aliphatic carbocycles. The van der Waals surface area contributed by atoms with Crippen molar-refractivity contribution in [2.24, 2.45) is 5.10 Å². The summed E-state index contributed by atoms with van der Waals surface area (Å²) in [6.07, 6.45) is 4.57. The quantitative estimate of drug-likeness (QED) is 0.501. The number of nitrogens with zero attached hydrogens (tertiary/aromatic N) is 2. The molecule has 0 radical (unpaired) electrons. The van der Waals surface area contributed by atoms with Gasteiger partial charge in [-0.1, -0.05) is 0 Å². The molecule has 0 unspecified atom stereocenters. The number of hydrogen-bond donors (Lipinski definition) is 2. The van der Waals surface area contributed by atoms with Gasteiger partial charge in [-0.15, -0.1) is 0 Å². The van der Waals surface area contributed by atoms with Crippen LogP contribution in [0.3, 0.4) is 0 Å². The second kappa shape index (κ2) is 7.35. The number of carbonyl (C=O) groups excluding carboxylic acids is 2. The van der Waals surface area contributed by atoms with Crippen LogP contribution in [0.2, 0.25) is 0 Å². The van der Waals surface area contributed by atoms with Crippen molar-refractivity contribution >= 4 is 18.1 Å². The Bertz CT molecular complexity index is 735. The maximum Gasteiger partial charge on any atom is 0.355 e. The zero-order valence-corrected chi connectivity index (χ0v) is 13.2. The van der Waals surface area contributed by atoms with Gasteiger partial charge in [-0.3, -0.25) is 9.78 Å². The molecule has 2 rings (SSSR count). The zero-order valence-electron chi connectivity index (χ0n) is 13.2. The number of nitrogens with one attached hydrogen (secondary N) is 2. The highest BCUT2D eigenvalue weighted by molar-refractivity contribution is 5.96. The molecular weight excluding hydrogens is 296 g/mol. The summed E-state index contributed by atoms with van der Waals surface area (Å²) in [6, 6.07) is 3.19. The third kappa shape index (κ3) is 3.82. The second-order valence-corrected chi connectivity index (χ2v) is 4.82. The Balaban J connectivity index is 2.11. The number of aryl methyl sites for hydroxylation is 1. The summed E-state index contributed by atoms with van der Waals surface area (Å²) < 4.78 is 4.99. The lowest BCUT2D eigenvalue weighted by Crippen LogP contribution is -2.17. The van der Waals surface area contributed by atoms with E-state index in [1.165, 1.54) is 18.6 Å². The Hall–Kier alpha value is -2.96. The van der Waals surface area contributed by atoms with Crippen LogP contribution in [0.5, 0.6) is 0 Å². The van der Waals surface area contributed by atoms with E-state index in [9.17, 15) is 9.59 Å². The van der Waals surface area contributed by atoms with E-state index in [0.29, 0.717) is 17.9 Å². The Morgan fingerprint density at radius 1 is 1.35 bits per heavy atom. The average molecular weight is 314 g/mol. The molecule has 0 fully saturated rings. The van der Waals surface area contributed by atoms with E-state index in [1.54, 1.807) is 26.0 Å². The second-order valence-electron chi connectivity index (χ2n) is 4.82. The Morgan fingerprint density at radius 2 is 2.04 bits per heavy atom. The molecule has 0 aliphatic heterocycles. The van der Waals surface area contributed by atoms with Crippen LogP contribution >= 0.6 is 0 Å². The van der Waals surface area contributed by atoms with Gasteiger partial charge in [0, 0.05) is 29.2 Å². The Morgan fingerprint density at radius 3 is 2.70 bits per heavy atom. The number of amides is 1. The first-order chi connectivity index (χ1) is 11.0. The van der Waals surface area contributed by atoms with Gasteiger partial charge in [-0.25, -0.2) is 10.2 Å². The lowest BCUT2D eigenvalue weighted by molar-refractivity contribution is 0.0519. The van der Waals surface area contributed by atoms with Crippen molar-refractivity contribution in [2.75, 3.05) is 6.61 Å². The molecule has 0 aliphatic rings. The SMILES string of the molecule is CCOC(=O)c1[nH]c(C)c(C=NNC(=O)c2ccncc2)c1C. The molecule has 0 saturated carbocycles. The van der Waals surface area contributed by atoms with Gasteiger partial charge in [0.15, 0.2) is 0 Å². The van der Waals surface area contributed by atoms with E-state index in [0.717, 1.165) is 16.8 Å². The van der Waals surface area contributed by atoms with E-state index in [-0.39, 0.29) is 5.91 Å². The molecule has 7 nitrogen and oxygen atoms in total. The average Bonchev–Trinajstić information content (AvgIpc) is 2.84. The van der Waals surface area contributed by atoms with Crippen molar-refractivity contribution in [1.29, 1.82) is 0 Å². The van der Waals surface area contributed by atoms with Gasteiger partial charge in [0.25, 0.3) is 5.91 Å². The zero-order chi connectivity index (χ0) is 16.8. The molecule has 7 heteroatoms. The number of carbonyl (C=O) groups is 2. The van der Waals surface area contributed by atoms with Crippen LogP contribution < -0.4 is 5.43 Å². The van der Waals surface area contributed by atoms with Gasteiger partial charge < -0.3 is 9.72 Å². The summed E-state index contributed by atoms with van der Waals surface area (Å²) in [7, 11) is 0. The molecule has 2 aromatic rings. The molecule has 2 aromatic heterocycles. The fourth-order valence-electron chi connectivity index (χ4n) is 2.09. The number of pyridine rings is 1. The number of rotatable bonds is 5. The van der Waals surface area contributed by atoms with E-state index in [4.69, 9.17) is 4.74 Å². The molecule has 0 aromatic carbocycles. The predicted octanol–water partition coefficient (Wildman–Crippen LogP) is 1.97. The van der Waals surface area contributed by atoms with E-state index < -0.39 is 5.97 Å². The number of esters is 1. The van der Waals surface area contributed by atoms with Crippen LogP contribution in [0.4, 0.5) is 0 Å². The Kier molecular flexibility index (Phi) is 5.24. The third-order valence-corrected chi connectivity index (χ3v) is 3.28. The topological polar surface area (TPSA) is 96.4 Å². The van der Waals surface area contributed by atoms with E-state index in [1.807, 2.05) is 6.92 Å². The molecule has 0 spiro atoms. The number of aromatic amines is 1. The van der Waals surface area contributed by atoms with Crippen LogP contribution in [0.15, 0.2) is 29.6 Å². The number of hydrazone groups is 1. The third-order valence-electron chi connectivity index (χ3n) is 3.28. The minimum atomic E-state index is -0.409. The van der Waals surface area contributed by atoms with Crippen molar-refractivity contribution in [1.82, 2.24) is 15.4 Å². The lowest BCUT2D eigenvalue weighted by atomic mass is 10.1. The molecule has 2 N–H and O–H groups in total. The number of aromatic nitrogens is 2. The fourth-order valence-corrected chi connectivity index (χ4v) is 2.09. The predicted molar refractivity (Wildman–Crippen MR) is 85.5 cm³/mol. The van der Waals surface area contributed by atoms with Crippen LogP contribution in [0.1, 0.15) is 44.6 Å². The largest absolute Gasteiger partial charge is 0.461 e. The Labute approximate surface area is 133 Å². The minimum absolute atomic E-state index is 0.307. The molecule has 120 valence electrons. The summed E-state index contributed by atoms with van der Waals surface area (Å²) in [6.45, 7) is 5.67. The number of ether oxygens (including phenoxy) is 1. The van der Waals surface area contributed by atoms with Gasteiger partial charge >= 0.3 is 5.97 Å². The maximum absolute atomic E-state index is 11.9. The van der Waals surface area contributed by atoms with Crippen LogP contribution in [0, 0.1) is 13.8 Å². The summed E-state index contributed by atoms with van der Waals surface area (Å²) in [5.41, 5.74) is 5.53. The maximum atomic E-state index is 11.9. The van der Waals surface area contributed by atoms with Gasteiger partial charge in [-0.2, -0.15) is 5.10 Å². The highest BCUT2D eigenvalue weighted by atomic mass is 16.5. The molecule has 0 bridgehead atoms. The first-order valence-electron chi connectivity index (χ1n) is 7.14. The summed E-state index contributed by atoms with van der Waals surface area (Å²) >= 11 is 0. The first-order valence-corrected chi connectivity index (χ1v) is 7.14. The normalized spacial score (nSPS) is 10.7. The number of hydrogen-bond acceptors (Lipinski definition) is 5. The van der Waals surface area contributed by atoms with E-state index >= 15 is 0 Å². The van der Waals surface area contributed by atoms with Crippen LogP contribution in [-0.2, 0) is 4.74 Å². The minimum Gasteiger partial charge on any atom is -0.461 e. The monoisotopic (exact) mass is 314 g/mol. The standard InChI is InChI=1S/C16H18N4O3/c1-4-23-16(22)14-10(2)13(11(3)19-14)9-18-20-15(21)12-5-7-17-8-6-12/h5-9,19H,4H2,1-3H3,(H,20,21). The molecule has 1 amide bonds.